The molecule has 2 N–H and O–H groups in total. The Labute approximate surface area is 117 Å². The summed E-state index contributed by atoms with van der Waals surface area (Å²) in [6.45, 7) is 0.426. The molecule has 5 heteroatoms. The van der Waals surface area contributed by atoms with Crippen molar-refractivity contribution in [3.63, 3.8) is 0 Å². The smallest absolute Gasteiger partial charge is 0.303 e. The largest absolute Gasteiger partial charge is 0.481 e. The zero-order valence-corrected chi connectivity index (χ0v) is 11.2. The van der Waals surface area contributed by atoms with Gasteiger partial charge in [-0.3, -0.25) is 14.6 Å². The molecule has 1 aromatic rings. The lowest BCUT2D eigenvalue weighted by Gasteiger charge is -2.40. The van der Waals surface area contributed by atoms with Gasteiger partial charge >= 0.3 is 5.97 Å². The number of nitrogens with one attached hydrogen (secondary N) is 1. The fraction of sp³-hybridized carbons (Fsp3) is 0.400. The Bertz CT molecular complexity index is 507. The van der Waals surface area contributed by atoms with E-state index < -0.39 is 5.97 Å². The number of carboxylic acids is 1. The third-order valence-corrected chi connectivity index (χ3v) is 3.69. The van der Waals surface area contributed by atoms with Gasteiger partial charge in [-0.2, -0.15) is 0 Å². The van der Waals surface area contributed by atoms with Crippen molar-refractivity contribution in [3.8, 4) is 0 Å². The topological polar surface area (TPSA) is 79.3 Å². The Balaban J connectivity index is 1.83. The van der Waals surface area contributed by atoms with Crippen LogP contribution < -0.4 is 5.32 Å². The third kappa shape index (κ3) is 3.91. The molecule has 20 heavy (non-hydrogen) atoms. The fourth-order valence-electron chi connectivity index (χ4n) is 2.39. The Morgan fingerprint density at radius 3 is 2.80 bits per heavy atom. The fourth-order valence-corrected chi connectivity index (χ4v) is 2.39. The summed E-state index contributed by atoms with van der Waals surface area (Å²) in [5, 5.41) is 11.7. The maximum Gasteiger partial charge on any atom is 0.303 e. The summed E-state index contributed by atoms with van der Waals surface area (Å²) in [5.74, 6) is -1.00. The highest BCUT2D eigenvalue weighted by Crippen LogP contribution is 2.43. The first-order valence-electron chi connectivity index (χ1n) is 6.67. The van der Waals surface area contributed by atoms with E-state index in [9.17, 15) is 9.59 Å². The number of pyridine rings is 1. The Morgan fingerprint density at radius 2 is 2.25 bits per heavy atom. The van der Waals surface area contributed by atoms with Gasteiger partial charge < -0.3 is 10.4 Å². The van der Waals surface area contributed by atoms with E-state index in [1.165, 1.54) is 6.08 Å². The first-order valence-corrected chi connectivity index (χ1v) is 6.67. The summed E-state index contributed by atoms with van der Waals surface area (Å²) in [6, 6.07) is 3.66. The second-order valence-electron chi connectivity index (χ2n) is 5.26. The molecule has 0 aliphatic heterocycles. The molecule has 0 aromatic carbocycles. The van der Waals surface area contributed by atoms with Crippen LogP contribution in [0.25, 0.3) is 6.08 Å². The van der Waals surface area contributed by atoms with E-state index in [4.69, 9.17) is 5.11 Å². The molecule has 0 radical (unpaired) electrons. The van der Waals surface area contributed by atoms with Crippen molar-refractivity contribution in [1.29, 1.82) is 0 Å². The molecule has 0 spiro atoms. The Morgan fingerprint density at radius 1 is 1.45 bits per heavy atom. The molecule has 1 heterocycles. The molecule has 2 rings (SSSR count). The van der Waals surface area contributed by atoms with E-state index in [0.717, 1.165) is 24.8 Å². The number of aromatic nitrogens is 1. The molecule has 1 saturated carbocycles. The van der Waals surface area contributed by atoms with Crippen LogP contribution in [-0.4, -0.2) is 28.5 Å². The molecule has 5 nitrogen and oxygen atoms in total. The predicted octanol–water partition coefficient (Wildman–Crippen LogP) is 1.86. The lowest BCUT2D eigenvalue weighted by molar-refractivity contribution is -0.141. The number of nitrogens with zero attached hydrogens (tertiary/aromatic N) is 1. The quantitative estimate of drug-likeness (QED) is 0.776. The van der Waals surface area contributed by atoms with Crippen LogP contribution >= 0.6 is 0 Å². The van der Waals surface area contributed by atoms with Gasteiger partial charge in [0.1, 0.15) is 0 Å². The second-order valence-corrected chi connectivity index (χ2v) is 5.26. The van der Waals surface area contributed by atoms with Gasteiger partial charge in [0, 0.05) is 25.0 Å². The van der Waals surface area contributed by atoms with Crippen LogP contribution in [0.3, 0.4) is 0 Å². The Kier molecular flexibility index (Phi) is 4.50. The maximum absolute atomic E-state index is 11.7. The van der Waals surface area contributed by atoms with E-state index in [1.807, 2.05) is 6.07 Å². The predicted molar refractivity (Wildman–Crippen MR) is 74.8 cm³/mol. The van der Waals surface area contributed by atoms with Crippen LogP contribution in [-0.2, 0) is 9.59 Å². The third-order valence-electron chi connectivity index (χ3n) is 3.69. The van der Waals surface area contributed by atoms with E-state index >= 15 is 0 Å². The molecule has 1 amide bonds. The van der Waals surface area contributed by atoms with Gasteiger partial charge in [0.2, 0.25) is 5.91 Å². The minimum absolute atomic E-state index is 0.125. The molecule has 1 aliphatic carbocycles. The van der Waals surface area contributed by atoms with Crippen molar-refractivity contribution in [2.24, 2.45) is 5.41 Å². The number of carboxylic acid groups (broad SMARTS) is 1. The van der Waals surface area contributed by atoms with Crippen LogP contribution in [0.2, 0.25) is 0 Å². The second kappa shape index (κ2) is 6.32. The number of aliphatic carboxylic acids is 1. The summed E-state index contributed by atoms with van der Waals surface area (Å²) < 4.78 is 0. The van der Waals surface area contributed by atoms with Crippen molar-refractivity contribution in [1.82, 2.24) is 10.3 Å². The van der Waals surface area contributed by atoms with Gasteiger partial charge in [0.05, 0.1) is 6.42 Å². The van der Waals surface area contributed by atoms with E-state index in [1.54, 1.807) is 24.5 Å². The first kappa shape index (κ1) is 14.2. The van der Waals surface area contributed by atoms with Gasteiger partial charge in [-0.05, 0) is 36.0 Å². The summed E-state index contributed by atoms with van der Waals surface area (Å²) in [6.07, 6.45) is 9.37. The molecule has 0 unspecified atom stereocenters. The van der Waals surface area contributed by atoms with Gasteiger partial charge in [0.15, 0.2) is 0 Å². The molecule has 1 aromatic heterocycles. The summed E-state index contributed by atoms with van der Waals surface area (Å²) >= 11 is 0. The van der Waals surface area contributed by atoms with Crippen LogP contribution in [0, 0.1) is 5.41 Å². The summed E-state index contributed by atoms with van der Waals surface area (Å²) in [7, 11) is 0. The normalized spacial score (nSPS) is 16.6. The van der Waals surface area contributed by atoms with Gasteiger partial charge in [-0.25, -0.2) is 0 Å². The highest BCUT2D eigenvalue weighted by Gasteiger charge is 2.38. The highest BCUT2D eigenvalue weighted by atomic mass is 16.4. The van der Waals surface area contributed by atoms with Crippen molar-refractivity contribution in [2.45, 2.75) is 25.7 Å². The zero-order chi connectivity index (χ0) is 14.4. The summed E-state index contributed by atoms with van der Waals surface area (Å²) in [4.78, 5) is 26.5. The van der Waals surface area contributed by atoms with E-state index in [0.29, 0.717) is 6.54 Å². The maximum atomic E-state index is 11.7. The number of amides is 1. The average Bonchev–Trinajstić information content (AvgIpc) is 2.40. The molecule has 106 valence electrons. The van der Waals surface area contributed by atoms with Crippen molar-refractivity contribution in [3.05, 3.63) is 36.2 Å². The van der Waals surface area contributed by atoms with Crippen LogP contribution in [0.15, 0.2) is 30.6 Å². The Hall–Kier alpha value is -2.17. The molecule has 0 atom stereocenters. The number of hydrogen-bond acceptors (Lipinski definition) is 3. The first-order chi connectivity index (χ1) is 9.60. The zero-order valence-electron chi connectivity index (χ0n) is 11.2. The standard InChI is InChI=1S/C15H18N2O3/c18-13(5-4-12-3-1-8-16-10-12)17-11-15(6-2-7-15)9-14(19)20/h1,3-5,8,10H,2,6-7,9,11H2,(H,17,18)(H,19,20)/b5-4+. The van der Waals surface area contributed by atoms with E-state index in [-0.39, 0.29) is 17.7 Å². The number of carbonyl (C=O) groups excluding carboxylic acids is 1. The molecule has 1 fully saturated rings. The lowest BCUT2D eigenvalue weighted by Crippen LogP contribution is -2.43. The molecular formula is C15H18N2O3. The highest BCUT2D eigenvalue weighted by molar-refractivity contribution is 5.91. The minimum atomic E-state index is -0.801. The molecule has 0 bridgehead atoms. The average molecular weight is 274 g/mol. The number of hydrogen-bond donors (Lipinski definition) is 2. The number of rotatable bonds is 6. The minimum Gasteiger partial charge on any atom is -0.481 e. The van der Waals surface area contributed by atoms with Crippen LogP contribution in [0.5, 0.6) is 0 Å². The van der Waals surface area contributed by atoms with Gasteiger partial charge in [0.25, 0.3) is 0 Å². The molecule has 1 aliphatic rings. The van der Waals surface area contributed by atoms with Gasteiger partial charge in [-0.15, -0.1) is 0 Å². The summed E-state index contributed by atoms with van der Waals surface area (Å²) in [5.41, 5.74) is 0.607. The number of carbonyl (C=O) groups is 2. The van der Waals surface area contributed by atoms with Crippen molar-refractivity contribution in [2.75, 3.05) is 6.54 Å². The molecule has 0 saturated heterocycles. The monoisotopic (exact) mass is 274 g/mol. The lowest BCUT2D eigenvalue weighted by atomic mass is 9.66. The van der Waals surface area contributed by atoms with Crippen molar-refractivity contribution < 1.29 is 14.7 Å². The van der Waals surface area contributed by atoms with Crippen molar-refractivity contribution >= 4 is 18.0 Å². The van der Waals surface area contributed by atoms with Crippen LogP contribution in [0.1, 0.15) is 31.2 Å². The molecular weight excluding hydrogens is 256 g/mol. The van der Waals surface area contributed by atoms with E-state index in [2.05, 4.69) is 10.3 Å². The SMILES string of the molecule is O=C(O)CC1(CNC(=O)/C=C/c2cccnc2)CCC1. The van der Waals surface area contributed by atoms with Gasteiger partial charge in [-0.1, -0.05) is 12.5 Å². The van der Waals surface area contributed by atoms with Crippen LogP contribution in [0.4, 0.5) is 0 Å².